The minimum atomic E-state index is -0.843. The van der Waals surface area contributed by atoms with E-state index in [4.69, 9.17) is 4.74 Å². The van der Waals surface area contributed by atoms with Crippen molar-refractivity contribution >= 4 is 11.9 Å². The number of carbonyl (C=O) groups excluding carboxylic acids is 2. The topological polar surface area (TPSA) is 95.9 Å². The number of aliphatic hydroxyl groups excluding tert-OH is 2. The van der Waals surface area contributed by atoms with Crippen LogP contribution in [-0.4, -0.2) is 47.4 Å². The molecule has 0 fully saturated rings. The molecule has 0 rings (SSSR count). The molecule has 0 heterocycles. The van der Waals surface area contributed by atoms with E-state index in [1.54, 1.807) is 6.08 Å². The maximum Gasteiger partial charge on any atom is 0.305 e. The van der Waals surface area contributed by atoms with E-state index in [0.29, 0.717) is 19.4 Å². The molecular weight excluding hydrogens is 1070 g/mol. The van der Waals surface area contributed by atoms with Crippen molar-refractivity contribution in [1.29, 1.82) is 0 Å². The molecule has 0 radical (unpaired) electrons. The van der Waals surface area contributed by atoms with E-state index in [9.17, 15) is 19.8 Å². The summed E-state index contributed by atoms with van der Waals surface area (Å²) in [7, 11) is 0. The third kappa shape index (κ3) is 73.3. The predicted octanol–water partition coefficient (Wildman–Crippen LogP) is 26.4. The van der Waals surface area contributed by atoms with E-state index in [1.807, 2.05) is 6.08 Å². The average molecular weight is 1230 g/mol. The second kappa shape index (κ2) is 76.8. The van der Waals surface area contributed by atoms with Gasteiger partial charge in [-0.3, -0.25) is 9.59 Å². The number of allylic oxidation sites excluding steroid dienone is 3. The van der Waals surface area contributed by atoms with Gasteiger partial charge in [0.15, 0.2) is 0 Å². The van der Waals surface area contributed by atoms with E-state index < -0.39 is 12.1 Å². The zero-order valence-electron chi connectivity index (χ0n) is 59.3. The Morgan fingerprint density at radius 1 is 0.310 bits per heavy atom. The van der Waals surface area contributed by atoms with Crippen LogP contribution in [0.2, 0.25) is 0 Å². The molecule has 6 nitrogen and oxygen atoms in total. The molecular formula is C81H157NO5. The van der Waals surface area contributed by atoms with Gasteiger partial charge in [0, 0.05) is 12.8 Å². The van der Waals surface area contributed by atoms with Crippen LogP contribution >= 0.6 is 0 Å². The first-order valence-electron chi connectivity index (χ1n) is 40.1. The van der Waals surface area contributed by atoms with E-state index in [2.05, 4.69) is 31.3 Å². The Kier molecular flexibility index (Phi) is 75.3. The van der Waals surface area contributed by atoms with Gasteiger partial charge < -0.3 is 20.3 Å². The van der Waals surface area contributed by atoms with Crippen LogP contribution in [0.25, 0.3) is 0 Å². The van der Waals surface area contributed by atoms with Crippen LogP contribution in [0.5, 0.6) is 0 Å². The van der Waals surface area contributed by atoms with Gasteiger partial charge in [0.1, 0.15) is 0 Å². The molecule has 0 saturated heterocycles. The highest BCUT2D eigenvalue weighted by Crippen LogP contribution is 2.20. The van der Waals surface area contributed by atoms with E-state index in [0.717, 1.165) is 44.9 Å². The summed E-state index contributed by atoms with van der Waals surface area (Å²) in [5, 5.41) is 23.3. The quantitative estimate of drug-likeness (QED) is 0.0320. The van der Waals surface area contributed by atoms with Crippen LogP contribution in [0, 0.1) is 0 Å². The Balaban J connectivity index is 3.35. The molecule has 2 atom stereocenters. The highest BCUT2D eigenvalue weighted by Gasteiger charge is 2.18. The summed E-state index contributed by atoms with van der Waals surface area (Å²) in [5.74, 6) is -0.0453. The van der Waals surface area contributed by atoms with Gasteiger partial charge in [0.2, 0.25) is 5.91 Å². The molecule has 0 aromatic carbocycles. The van der Waals surface area contributed by atoms with Gasteiger partial charge in [0.05, 0.1) is 25.4 Å². The summed E-state index contributed by atoms with van der Waals surface area (Å²) >= 11 is 0. The Hall–Kier alpha value is -1.66. The van der Waals surface area contributed by atoms with Gasteiger partial charge >= 0.3 is 5.97 Å². The number of carbonyl (C=O) groups is 2. The zero-order valence-corrected chi connectivity index (χ0v) is 59.3. The zero-order chi connectivity index (χ0) is 62.8. The van der Waals surface area contributed by atoms with E-state index >= 15 is 0 Å². The largest absolute Gasteiger partial charge is 0.466 e. The van der Waals surface area contributed by atoms with Crippen LogP contribution in [0.1, 0.15) is 457 Å². The van der Waals surface area contributed by atoms with Crippen molar-refractivity contribution in [2.75, 3.05) is 13.2 Å². The molecule has 6 heteroatoms. The summed E-state index contributed by atoms with van der Waals surface area (Å²) in [4.78, 5) is 24.6. The summed E-state index contributed by atoms with van der Waals surface area (Å²) in [6, 6.07) is -0.626. The number of nitrogens with one attached hydrogen (secondary N) is 1. The van der Waals surface area contributed by atoms with Crippen molar-refractivity contribution in [3.05, 3.63) is 24.3 Å². The summed E-state index contributed by atoms with van der Waals surface area (Å²) < 4.78 is 5.49. The van der Waals surface area contributed by atoms with E-state index in [-0.39, 0.29) is 18.5 Å². The van der Waals surface area contributed by atoms with Crippen LogP contribution in [-0.2, 0) is 14.3 Å². The van der Waals surface area contributed by atoms with Gasteiger partial charge in [-0.15, -0.1) is 0 Å². The Labute approximate surface area is 545 Å². The maximum absolute atomic E-state index is 12.6. The fourth-order valence-corrected chi connectivity index (χ4v) is 12.9. The van der Waals surface area contributed by atoms with Gasteiger partial charge in [-0.1, -0.05) is 411 Å². The van der Waals surface area contributed by atoms with Gasteiger partial charge in [-0.05, 0) is 57.8 Å². The monoisotopic (exact) mass is 1220 g/mol. The predicted molar refractivity (Wildman–Crippen MR) is 384 cm³/mol. The lowest BCUT2D eigenvalue weighted by Gasteiger charge is -2.20. The number of rotatable bonds is 76. The van der Waals surface area contributed by atoms with Crippen molar-refractivity contribution in [1.82, 2.24) is 5.32 Å². The first-order chi connectivity index (χ1) is 43.0. The van der Waals surface area contributed by atoms with Crippen molar-refractivity contribution in [3.8, 4) is 0 Å². The number of hydrogen-bond donors (Lipinski definition) is 3. The van der Waals surface area contributed by atoms with Crippen LogP contribution in [0.15, 0.2) is 24.3 Å². The fourth-order valence-electron chi connectivity index (χ4n) is 12.9. The molecule has 87 heavy (non-hydrogen) atoms. The maximum atomic E-state index is 12.6. The number of esters is 1. The Morgan fingerprint density at radius 3 is 0.828 bits per heavy atom. The van der Waals surface area contributed by atoms with Crippen molar-refractivity contribution < 1.29 is 24.5 Å². The molecule has 0 bridgehead atoms. The van der Waals surface area contributed by atoms with Crippen LogP contribution < -0.4 is 5.32 Å². The molecule has 516 valence electrons. The number of ether oxygens (including phenoxy) is 1. The Bertz CT molecular complexity index is 1360. The molecule has 0 aliphatic carbocycles. The molecule has 0 aliphatic rings. The normalized spacial score (nSPS) is 12.6. The highest BCUT2D eigenvalue weighted by atomic mass is 16.5. The van der Waals surface area contributed by atoms with Gasteiger partial charge in [-0.25, -0.2) is 0 Å². The second-order valence-corrected chi connectivity index (χ2v) is 27.8. The minimum absolute atomic E-state index is 0.0126. The van der Waals surface area contributed by atoms with Gasteiger partial charge in [0.25, 0.3) is 0 Å². The van der Waals surface area contributed by atoms with Crippen LogP contribution in [0.4, 0.5) is 0 Å². The Morgan fingerprint density at radius 2 is 0.540 bits per heavy atom. The molecule has 0 aliphatic heterocycles. The number of aliphatic hydroxyl groups is 2. The lowest BCUT2D eigenvalue weighted by Crippen LogP contribution is -2.45. The molecule has 3 N–H and O–H groups in total. The van der Waals surface area contributed by atoms with E-state index in [1.165, 1.54) is 385 Å². The molecule has 0 saturated carbocycles. The lowest BCUT2D eigenvalue weighted by molar-refractivity contribution is -0.143. The van der Waals surface area contributed by atoms with Crippen molar-refractivity contribution in [2.45, 2.75) is 469 Å². The van der Waals surface area contributed by atoms with Crippen molar-refractivity contribution in [2.24, 2.45) is 0 Å². The second-order valence-electron chi connectivity index (χ2n) is 27.8. The number of hydrogen-bond acceptors (Lipinski definition) is 5. The first kappa shape index (κ1) is 85.3. The molecule has 2 unspecified atom stereocenters. The SMILES string of the molecule is CCCCCC/C=C\CCCCCCCC(=O)OCCCCCCCCCCCCCCCCCCCCCCCCCCCCCCCCCCC(=O)NC(CO)C(O)/C=C/CCCCCCCCCCCCCCCCCCCCCCCCC. The first-order valence-corrected chi connectivity index (χ1v) is 40.1. The lowest BCUT2D eigenvalue weighted by atomic mass is 10.0. The minimum Gasteiger partial charge on any atom is -0.466 e. The molecule has 1 amide bonds. The summed E-state index contributed by atoms with van der Waals surface area (Å²) in [6.45, 7) is 4.94. The average Bonchev–Trinajstić information content (AvgIpc) is 3.54. The standard InChI is InChI=1S/C81H157NO5/c1-3-5-7-9-11-13-15-17-18-19-20-21-22-31-34-37-40-43-46-50-53-57-61-65-69-73-79(84)78(77-83)82-80(85)74-70-66-62-58-54-51-47-44-41-38-35-32-29-27-25-23-24-26-28-30-33-36-39-42-45-48-52-56-60-64-68-72-76-87-81(86)75-71-67-63-59-55-49-16-14-12-10-8-6-4-2/h14,16,69,73,78-79,83-84H,3-13,15,17-68,70-72,74-77H2,1-2H3,(H,82,85)/b16-14-,73-69+. The molecule has 0 spiro atoms. The number of amides is 1. The molecule has 0 aromatic rings. The van der Waals surface area contributed by atoms with Crippen molar-refractivity contribution in [3.63, 3.8) is 0 Å². The van der Waals surface area contributed by atoms with Gasteiger partial charge in [-0.2, -0.15) is 0 Å². The molecule has 0 aromatic heterocycles. The summed E-state index contributed by atoms with van der Waals surface area (Å²) in [6.07, 6.45) is 98.8. The number of unbranched alkanes of at least 4 members (excludes halogenated alkanes) is 63. The van der Waals surface area contributed by atoms with Crippen LogP contribution in [0.3, 0.4) is 0 Å². The third-order valence-electron chi connectivity index (χ3n) is 19.0. The highest BCUT2D eigenvalue weighted by molar-refractivity contribution is 5.76. The fraction of sp³-hybridized carbons (Fsp3) is 0.926. The summed E-state index contributed by atoms with van der Waals surface area (Å²) in [5.41, 5.74) is 0. The third-order valence-corrected chi connectivity index (χ3v) is 19.0. The smallest absolute Gasteiger partial charge is 0.305 e.